The average molecular weight is 485 g/mol. The maximum absolute atomic E-state index is 12.6. The largest absolute Gasteiger partial charge is 0.476 e. The van der Waals surface area contributed by atoms with Gasteiger partial charge in [-0.1, -0.05) is 31.5 Å². The molecule has 1 aliphatic heterocycles. The van der Waals surface area contributed by atoms with Gasteiger partial charge in [0, 0.05) is 31.9 Å². The van der Waals surface area contributed by atoms with Crippen molar-refractivity contribution in [1.82, 2.24) is 14.5 Å². The average Bonchev–Trinajstić information content (AvgIpc) is 2.81. The molecule has 0 spiro atoms. The number of aryl methyl sites for hydroxylation is 1. The van der Waals surface area contributed by atoms with Crippen LogP contribution < -0.4 is 15.2 Å². The Bertz CT molecular complexity index is 1270. The lowest BCUT2D eigenvalue weighted by Crippen LogP contribution is -2.39. The van der Waals surface area contributed by atoms with E-state index in [1.54, 1.807) is 19.3 Å². The summed E-state index contributed by atoms with van der Waals surface area (Å²) >= 11 is 6.46. The summed E-state index contributed by atoms with van der Waals surface area (Å²) < 4.78 is 11.5. The van der Waals surface area contributed by atoms with Crippen LogP contribution in [-0.2, 0) is 23.0 Å². The van der Waals surface area contributed by atoms with Crippen LogP contribution in [0.4, 0.5) is 5.95 Å². The first-order chi connectivity index (χ1) is 16.2. The molecule has 0 amide bonds. The molecule has 3 heterocycles. The fourth-order valence-electron chi connectivity index (χ4n) is 4.60. The molecule has 180 valence electrons. The monoisotopic (exact) mass is 484 g/mol. The van der Waals surface area contributed by atoms with E-state index in [1.807, 2.05) is 18.2 Å². The second-order valence-corrected chi connectivity index (χ2v) is 9.53. The van der Waals surface area contributed by atoms with Crippen LogP contribution in [0.2, 0.25) is 5.02 Å². The first-order valence-corrected chi connectivity index (χ1v) is 11.7. The molecule has 2 atom stereocenters. The van der Waals surface area contributed by atoms with Crippen LogP contribution in [0.1, 0.15) is 31.5 Å². The summed E-state index contributed by atoms with van der Waals surface area (Å²) in [5, 5.41) is 1.33. The third-order valence-electron chi connectivity index (χ3n) is 6.16. The number of methoxy groups -OCH3 is 1. The Morgan fingerprint density at radius 1 is 1.21 bits per heavy atom. The van der Waals surface area contributed by atoms with Crippen LogP contribution in [0.5, 0.6) is 5.75 Å². The van der Waals surface area contributed by atoms with Crippen LogP contribution in [0.3, 0.4) is 0 Å². The number of benzene rings is 1. The minimum atomic E-state index is -0.553. The SMILES string of the molecule is COC(=O)COc1cc2cc(Cc3nc(N4C[C@H](C)C[C@H](C)C4)ncc3Cl)ccc2n(C)c1=O. The number of ether oxygens (including phenoxy) is 2. The number of carbonyl (C=O) groups excluding carboxylic acids is 1. The normalized spacial score (nSPS) is 18.2. The topological polar surface area (TPSA) is 86.6 Å². The lowest BCUT2D eigenvalue weighted by atomic mass is 9.92. The third kappa shape index (κ3) is 5.17. The van der Waals surface area contributed by atoms with Gasteiger partial charge in [0.1, 0.15) is 0 Å². The van der Waals surface area contributed by atoms with Gasteiger partial charge >= 0.3 is 5.97 Å². The van der Waals surface area contributed by atoms with E-state index in [2.05, 4.69) is 28.5 Å². The molecule has 1 aromatic carbocycles. The van der Waals surface area contributed by atoms with Crippen LogP contribution in [-0.4, -0.2) is 47.3 Å². The molecule has 34 heavy (non-hydrogen) atoms. The Labute approximate surface area is 203 Å². The second-order valence-electron chi connectivity index (χ2n) is 9.12. The molecule has 0 saturated carbocycles. The number of anilines is 1. The molecule has 1 aliphatic rings. The van der Waals surface area contributed by atoms with Crippen molar-refractivity contribution in [1.29, 1.82) is 0 Å². The van der Waals surface area contributed by atoms with Crippen molar-refractivity contribution < 1.29 is 14.3 Å². The quantitative estimate of drug-likeness (QED) is 0.494. The number of carbonyl (C=O) groups is 1. The minimum absolute atomic E-state index is 0.0910. The summed E-state index contributed by atoms with van der Waals surface area (Å²) in [4.78, 5) is 35.5. The Morgan fingerprint density at radius 3 is 2.65 bits per heavy atom. The van der Waals surface area contributed by atoms with Gasteiger partial charge < -0.3 is 18.9 Å². The summed E-state index contributed by atoms with van der Waals surface area (Å²) in [7, 11) is 2.94. The van der Waals surface area contributed by atoms with Gasteiger partial charge in [-0.2, -0.15) is 0 Å². The zero-order valence-corrected chi connectivity index (χ0v) is 20.6. The molecule has 0 N–H and O–H groups in total. The number of hydrogen-bond acceptors (Lipinski definition) is 7. The van der Waals surface area contributed by atoms with Crippen LogP contribution in [0, 0.1) is 11.8 Å². The third-order valence-corrected chi connectivity index (χ3v) is 6.47. The highest BCUT2D eigenvalue weighted by Gasteiger charge is 2.24. The van der Waals surface area contributed by atoms with E-state index in [0.29, 0.717) is 29.2 Å². The van der Waals surface area contributed by atoms with E-state index < -0.39 is 5.97 Å². The molecule has 8 nitrogen and oxygen atoms in total. The maximum atomic E-state index is 12.6. The number of hydrogen-bond donors (Lipinski definition) is 0. The molecular weight excluding hydrogens is 456 g/mol. The van der Waals surface area contributed by atoms with Gasteiger partial charge in [0.05, 0.1) is 29.5 Å². The summed E-state index contributed by atoms with van der Waals surface area (Å²) in [6.45, 7) is 6.05. The number of piperidine rings is 1. The van der Waals surface area contributed by atoms with E-state index >= 15 is 0 Å². The van der Waals surface area contributed by atoms with Crippen LogP contribution in [0.15, 0.2) is 35.3 Å². The molecule has 1 saturated heterocycles. The standard InChI is InChI=1S/C25H29ClN4O4/c1-15-7-16(2)13-30(12-15)25-27-11-19(26)20(28-25)9-17-5-6-21-18(8-17)10-22(24(32)29(21)3)34-14-23(31)33-4/h5-6,8,10-11,15-16H,7,9,12-14H2,1-4H3/t15-,16+. The van der Waals surface area contributed by atoms with Crippen LogP contribution in [0.25, 0.3) is 10.9 Å². The molecule has 0 aliphatic carbocycles. The molecule has 0 bridgehead atoms. The molecule has 0 radical (unpaired) electrons. The number of esters is 1. The van der Waals surface area contributed by atoms with Gasteiger partial charge in [-0.15, -0.1) is 0 Å². The van der Waals surface area contributed by atoms with Crippen molar-refractivity contribution in [3.63, 3.8) is 0 Å². The van der Waals surface area contributed by atoms with E-state index in [1.165, 1.54) is 18.1 Å². The summed E-state index contributed by atoms with van der Waals surface area (Å²) in [5.74, 6) is 1.43. The smallest absolute Gasteiger partial charge is 0.343 e. The fourth-order valence-corrected chi connectivity index (χ4v) is 4.76. The lowest BCUT2D eigenvalue weighted by Gasteiger charge is -2.35. The molecule has 1 fully saturated rings. The van der Waals surface area contributed by atoms with Gasteiger partial charge in [-0.05, 0) is 42.0 Å². The van der Waals surface area contributed by atoms with Crippen molar-refractivity contribution >= 4 is 34.4 Å². The predicted molar refractivity (Wildman–Crippen MR) is 132 cm³/mol. The highest BCUT2D eigenvalue weighted by atomic mass is 35.5. The van der Waals surface area contributed by atoms with Gasteiger partial charge in [0.25, 0.3) is 5.56 Å². The number of fused-ring (bicyclic) bond motifs is 1. The first-order valence-electron chi connectivity index (χ1n) is 11.3. The highest BCUT2D eigenvalue weighted by molar-refractivity contribution is 6.31. The Kier molecular flexibility index (Phi) is 7.07. The lowest BCUT2D eigenvalue weighted by molar-refractivity contribution is -0.142. The Balaban J connectivity index is 1.62. The van der Waals surface area contributed by atoms with Gasteiger partial charge in [-0.25, -0.2) is 14.8 Å². The number of pyridine rings is 1. The van der Waals surface area contributed by atoms with E-state index in [9.17, 15) is 9.59 Å². The van der Waals surface area contributed by atoms with Gasteiger partial charge in [0.2, 0.25) is 5.95 Å². The van der Waals surface area contributed by atoms with Crippen LogP contribution >= 0.6 is 11.6 Å². The Hall–Kier alpha value is -3.13. The zero-order chi connectivity index (χ0) is 24.4. The molecule has 0 unspecified atom stereocenters. The van der Waals surface area contributed by atoms with Crippen molar-refractivity contribution in [2.45, 2.75) is 26.7 Å². The van der Waals surface area contributed by atoms with E-state index in [0.717, 1.165) is 35.2 Å². The second kappa shape index (κ2) is 10.0. The number of rotatable bonds is 6. The maximum Gasteiger partial charge on any atom is 0.343 e. The minimum Gasteiger partial charge on any atom is -0.476 e. The van der Waals surface area contributed by atoms with Crippen molar-refractivity contribution in [3.05, 3.63) is 57.1 Å². The predicted octanol–water partition coefficient (Wildman–Crippen LogP) is 3.61. The molecule has 9 heteroatoms. The van der Waals surface area contributed by atoms with E-state index in [4.69, 9.17) is 21.3 Å². The number of aromatic nitrogens is 3. The highest BCUT2D eigenvalue weighted by Crippen LogP contribution is 2.27. The molecule has 2 aromatic heterocycles. The summed E-state index contributed by atoms with van der Waals surface area (Å²) in [6.07, 6.45) is 3.40. The molecule has 4 rings (SSSR count). The number of halogens is 1. The van der Waals surface area contributed by atoms with Crippen molar-refractivity contribution in [2.75, 3.05) is 31.7 Å². The van der Waals surface area contributed by atoms with Gasteiger partial charge in [0.15, 0.2) is 12.4 Å². The summed E-state index contributed by atoms with van der Waals surface area (Å²) in [5.41, 5.74) is 2.17. The van der Waals surface area contributed by atoms with Gasteiger partial charge in [-0.3, -0.25) is 4.79 Å². The first kappa shape index (κ1) is 24.0. The summed E-state index contributed by atoms with van der Waals surface area (Å²) in [6, 6.07) is 7.47. The molecule has 3 aromatic rings. The molecular formula is C25H29ClN4O4. The van der Waals surface area contributed by atoms with Crippen molar-refractivity contribution in [2.24, 2.45) is 18.9 Å². The Morgan fingerprint density at radius 2 is 1.94 bits per heavy atom. The fraction of sp³-hybridized carbons (Fsp3) is 0.440. The zero-order valence-electron chi connectivity index (χ0n) is 19.9. The van der Waals surface area contributed by atoms with E-state index in [-0.39, 0.29) is 17.9 Å². The number of nitrogens with zero attached hydrogens (tertiary/aromatic N) is 4. The van der Waals surface area contributed by atoms with Crippen molar-refractivity contribution in [3.8, 4) is 5.75 Å².